The molecular formula is C18H23ClN4O2S. The van der Waals surface area contributed by atoms with Gasteiger partial charge in [-0.3, -0.25) is 0 Å². The number of sulfonamides is 1. The predicted octanol–water partition coefficient (Wildman–Crippen LogP) is 2.58. The Hall–Kier alpha value is -2.09. The molecule has 8 heteroatoms. The van der Waals surface area contributed by atoms with Crippen LogP contribution in [0.15, 0.2) is 58.4 Å². The van der Waals surface area contributed by atoms with Crippen LogP contribution in [0.5, 0.6) is 0 Å². The first kappa shape index (κ1) is 20.2. The number of aliphatic imine (C=N–C) groups is 1. The number of hydrogen-bond donors (Lipinski definition) is 2. The highest BCUT2D eigenvalue weighted by atomic mass is 35.5. The summed E-state index contributed by atoms with van der Waals surface area (Å²) in [5, 5.41) is 9.11. The molecule has 0 aliphatic heterocycles. The Bertz CT molecular complexity index is 884. The van der Waals surface area contributed by atoms with E-state index in [1.165, 1.54) is 6.07 Å². The van der Waals surface area contributed by atoms with Crippen molar-refractivity contribution in [1.29, 1.82) is 0 Å². The zero-order chi connectivity index (χ0) is 19.2. The number of guanidine groups is 1. The van der Waals surface area contributed by atoms with Gasteiger partial charge >= 0.3 is 0 Å². The molecule has 6 nitrogen and oxygen atoms in total. The van der Waals surface area contributed by atoms with E-state index in [2.05, 4.69) is 10.3 Å². The maximum absolute atomic E-state index is 11.5. The highest BCUT2D eigenvalue weighted by Crippen LogP contribution is 2.13. The van der Waals surface area contributed by atoms with Gasteiger partial charge in [0.25, 0.3) is 0 Å². The summed E-state index contributed by atoms with van der Waals surface area (Å²) < 4.78 is 23.0. The molecule has 0 atom stereocenters. The van der Waals surface area contributed by atoms with Crippen molar-refractivity contribution in [2.24, 2.45) is 10.1 Å². The first-order valence-corrected chi connectivity index (χ1v) is 10.1. The molecule has 0 fully saturated rings. The van der Waals surface area contributed by atoms with E-state index in [1.807, 2.05) is 49.2 Å². The number of benzene rings is 2. The van der Waals surface area contributed by atoms with Gasteiger partial charge in [-0.25, -0.2) is 18.5 Å². The second-order valence-electron chi connectivity index (χ2n) is 5.85. The Labute approximate surface area is 159 Å². The SMILES string of the molecule is CCNC(=NCc1cccc(S(N)(=O)=O)c1)N(C)Cc1cccc(Cl)c1. The number of nitrogens with two attached hydrogens (primary N) is 1. The summed E-state index contributed by atoms with van der Waals surface area (Å²) in [6.45, 7) is 3.69. The molecule has 0 saturated heterocycles. The minimum absolute atomic E-state index is 0.0856. The van der Waals surface area contributed by atoms with Gasteiger partial charge in [-0.2, -0.15) is 0 Å². The van der Waals surface area contributed by atoms with E-state index in [1.54, 1.807) is 12.1 Å². The van der Waals surface area contributed by atoms with Crippen molar-refractivity contribution in [1.82, 2.24) is 10.2 Å². The summed E-state index contributed by atoms with van der Waals surface area (Å²) in [6, 6.07) is 14.2. The summed E-state index contributed by atoms with van der Waals surface area (Å²) in [5.41, 5.74) is 1.84. The summed E-state index contributed by atoms with van der Waals surface area (Å²) in [7, 11) is -1.79. The van der Waals surface area contributed by atoms with Crippen LogP contribution in [0.2, 0.25) is 5.02 Å². The van der Waals surface area contributed by atoms with Crippen molar-refractivity contribution < 1.29 is 8.42 Å². The van der Waals surface area contributed by atoms with Crippen LogP contribution in [0.3, 0.4) is 0 Å². The third-order valence-corrected chi connectivity index (χ3v) is 4.79. The monoisotopic (exact) mass is 394 g/mol. The standard InChI is InChI=1S/C18H23ClN4O2S/c1-3-21-18(23(2)13-15-7-4-8-16(19)10-15)22-12-14-6-5-9-17(11-14)26(20,24)25/h4-11H,3,12-13H2,1-2H3,(H,21,22)(H2,20,24,25). The van der Waals surface area contributed by atoms with Gasteiger partial charge in [0.15, 0.2) is 5.96 Å². The zero-order valence-electron chi connectivity index (χ0n) is 14.8. The third kappa shape index (κ3) is 6.01. The van der Waals surface area contributed by atoms with E-state index in [0.717, 1.165) is 17.7 Å². The van der Waals surface area contributed by atoms with Crippen molar-refractivity contribution in [3.63, 3.8) is 0 Å². The van der Waals surface area contributed by atoms with Crippen molar-refractivity contribution in [3.8, 4) is 0 Å². The maximum Gasteiger partial charge on any atom is 0.238 e. The van der Waals surface area contributed by atoms with Crippen molar-refractivity contribution in [3.05, 3.63) is 64.7 Å². The Kier molecular flexibility index (Phi) is 7.02. The molecule has 0 aliphatic rings. The second-order valence-corrected chi connectivity index (χ2v) is 7.85. The molecule has 0 unspecified atom stereocenters. The van der Waals surface area contributed by atoms with E-state index in [-0.39, 0.29) is 4.90 Å². The van der Waals surface area contributed by atoms with E-state index >= 15 is 0 Å². The van der Waals surface area contributed by atoms with Crippen LogP contribution in [-0.2, 0) is 23.1 Å². The van der Waals surface area contributed by atoms with Crippen LogP contribution in [0, 0.1) is 0 Å². The largest absolute Gasteiger partial charge is 0.357 e. The van der Waals surface area contributed by atoms with Gasteiger partial charge in [0.05, 0.1) is 11.4 Å². The Morgan fingerprint density at radius 1 is 1.19 bits per heavy atom. The molecule has 3 N–H and O–H groups in total. The van der Waals surface area contributed by atoms with Gasteiger partial charge < -0.3 is 10.2 Å². The van der Waals surface area contributed by atoms with E-state index < -0.39 is 10.0 Å². The van der Waals surface area contributed by atoms with Crippen molar-refractivity contribution >= 4 is 27.6 Å². The van der Waals surface area contributed by atoms with Gasteiger partial charge in [0.1, 0.15) is 0 Å². The Morgan fingerprint density at radius 2 is 1.88 bits per heavy atom. The Morgan fingerprint density at radius 3 is 2.54 bits per heavy atom. The quantitative estimate of drug-likeness (QED) is 0.582. The van der Waals surface area contributed by atoms with Crippen LogP contribution in [0.25, 0.3) is 0 Å². The summed E-state index contributed by atoms with van der Waals surface area (Å²) in [5.74, 6) is 0.716. The average Bonchev–Trinajstić information content (AvgIpc) is 2.58. The first-order chi connectivity index (χ1) is 12.3. The van der Waals surface area contributed by atoms with Crippen LogP contribution in [0.1, 0.15) is 18.1 Å². The fourth-order valence-corrected chi connectivity index (χ4v) is 3.24. The number of nitrogens with zero attached hydrogens (tertiary/aromatic N) is 2. The highest BCUT2D eigenvalue weighted by molar-refractivity contribution is 7.89. The molecule has 140 valence electrons. The lowest BCUT2D eigenvalue weighted by Gasteiger charge is -2.22. The molecule has 0 radical (unpaired) electrons. The first-order valence-electron chi connectivity index (χ1n) is 8.15. The van der Waals surface area contributed by atoms with Gasteiger partial charge in [-0.1, -0.05) is 35.9 Å². The summed E-state index contributed by atoms with van der Waals surface area (Å²) in [4.78, 5) is 6.66. The molecule has 2 aromatic rings. The normalized spacial score (nSPS) is 12.1. The fourth-order valence-electron chi connectivity index (χ4n) is 2.44. The third-order valence-electron chi connectivity index (χ3n) is 3.64. The number of hydrogen-bond acceptors (Lipinski definition) is 3. The second kappa shape index (κ2) is 9.02. The molecule has 2 rings (SSSR count). The van der Waals surface area contributed by atoms with Crippen LogP contribution >= 0.6 is 11.6 Å². The zero-order valence-corrected chi connectivity index (χ0v) is 16.4. The van der Waals surface area contributed by atoms with Crippen molar-refractivity contribution in [2.45, 2.75) is 24.9 Å². The molecule has 0 spiro atoms. The van der Waals surface area contributed by atoms with Gasteiger partial charge in [-0.05, 0) is 42.3 Å². The average molecular weight is 395 g/mol. The molecular weight excluding hydrogens is 372 g/mol. The topological polar surface area (TPSA) is 87.8 Å². The van der Waals surface area contributed by atoms with Crippen LogP contribution in [0.4, 0.5) is 0 Å². The lowest BCUT2D eigenvalue weighted by Crippen LogP contribution is -2.38. The number of nitrogens with one attached hydrogen (secondary N) is 1. The van der Waals surface area contributed by atoms with E-state index in [4.69, 9.17) is 16.7 Å². The molecule has 26 heavy (non-hydrogen) atoms. The van der Waals surface area contributed by atoms with Crippen molar-refractivity contribution in [2.75, 3.05) is 13.6 Å². The molecule has 0 heterocycles. The van der Waals surface area contributed by atoms with E-state index in [0.29, 0.717) is 24.1 Å². The molecule has 0 aromatic heterocycles. The van der Waals surface area contributed by atoms with E-state index in [9.17, 15) is 8.42 Å². The van der Waals surface area contributed by atoms with Gasteiger partial charge in [0.2, 0.25) is 10.0 Å². The predicted molar refractivity (Wildman–Crippen MR) is 106 cm³/mol. The molecule has 2 aromatic carbocycles. The number of primary sulfonamides is 1. The lowest BCUT2D eigenvalue weighted by atomic mass is 10.2. The fraction of sp³-hybridized carbons (Fsp3) is 0.278. The lowest BCUT2D eigenvalue weighted by molar-refractivity contribution is 0.477. The molecule has 0 saturated carbocycles. The summed E-state index contributed by atoms with van der Waals surface area (Å²) >= 11 is 6.04. The molecule has 0 bridgehead atoms. The number of halogens is 1. The molecule has 0 aliphatic carbocycles. The minimum Gasteiger partial charge on any atom is -0.357 e. The van der Waals surface area contributed by atoms with Gasteiger partial charge in [-0.15, -0.1) is 0 Å². The number of rotatable bonds is 6. The van der Waals surface area contributed by atoms with Crippen LogP contribution < -0.4 is 10.5 Å². The van der Waals surface area contributed by atoms with Gasteiger partial charge in [0, 0.05) is 25.2 Å². The maximum atomic E-state index is 11.5. The minimum atomic E-state index is -3.72. The van der Waals surface area contributed by atoms with Crippen LogP contribution in [-0.4, -0.2) is 32.9 Å². The smallest absolute Gasteiger partial charge is 0.238 e. The Balaban J connectivity index is 2.15. The highest BCUT2D eigenvalue weighted by Gasteiger charge is 2.09. The molecule has 0 amide bonds. The summed E-state index contributed by atoms with van der Waals surface area (Å²) in [6.07, 6.45) is 0.